The maximum absolute atomic E-state index is 12.6. The third-order valence-electron chi connectivity index (χ3n) is 4.36. The minimum absolute atomic E-state index is 0.0251. The number of nitrogen functional groups attached to an aromatic ring is 1. The number of nitrogens with two attached hydrogens (primary N) is 1. The third-order valence-corrected chi connectivity index (χ3v) is 4.36. The van der Waals surface area contributed by atoms with Crippen molar-refractivity contribution < 1.29 is 9.53 Å². The first-order valence-electron chi connectivity index (χ1n) is 7.52. The Morgan fingerprint density at radius 2 is 2.14 bits per heavy atom. The Hall–Kier alpha value is -1.82. The van der Waals surface area contributed by atoms with Crippen molar-refractivity contribution in [3.63, 3.8) is 0 Å². The van der Waals surface area contributed by atoms with Gasteiger partial charge in [0.15, 0.2) is 0 Å². The van der Waals surface area contributed by atoms with Crippen molar-refractivity contribution in [1.29, 1.82) is 0 Å². The summed E-state index contributed by atoms with van der Waals surface area (Å²) >= 11 is 0. The van der Waals surface area contributed by atoms with Gasteiger partial charge in [0, 0.05) is 24.5 Å². The van der Waals surface area contributed by atoms with Gasteiger partial charge in [0.2, 0.25) is 5.91 Å². The van der Waals surface area contributed by atoms with Crippen LogP contribution in [0.1, 0.15) is 25.7 Å². The van der Waals surface area contributed by atoms with Gasteiger partial charge < -0.3 is 19.9 Å². The van der Waals surface area contributed by atoms with Gasteiger partial charge in [-0.05, 0) is 18.9 Å². The zero-order valence-corrected chi connectivity index (χ0v) is 12.0. The Bertz CT molecular complexity index is 582. The molecule has 1 saturated heterocycles. The van der Waals surface area contributed by atoms with Crippen molar-refractivity contribution in [1.82, 2.24) is 9.47 Å². The average Bonchev–Trinajstić information content (AvgIpc) is 2.50. The van der Waals surface area contributed by atoms with Gasteiger partial charge in [-0.1, -0.05) is 12.8 Å². The molecule has 1 aromatic rings. The Balaban J connectivity index is 1.75. The van der Waals surface area contributed by atoms with Crippen LogP contribution in [0.15, 0.2) is 23.1 Å². The topological polar surface area (TPSA) is 77.6 Å². The van der Waals surface area contributed by atoms with Crippen LogP contribution in [0.5, 0.6) is 0 Å². The van der Waals surface area contributed by atoms with Gasteiger partial charge in [-0.25, -0.2) is 0 Å². The molecule has 6 nitrogen and oxygen atoms in total. The van der Waals surface area contributed by atoms with Gasteiger partial charge in [0.25, 0.3) is 5.56 Å². The fourth-order valence-corrected chi connectivity index (χ4v) is 3.32. The largest absolute Gasteiger partial charge is 0.398 e. The molecule has 2 unspecified atom stereocenters. The first-order valence-corrected chi connectivity index (χ1v) is 7.52. The van der Waals surface area contributed by atoms with Crippen LogP contribution in [0, 0.1) is 0 Å². The fourth-order valence-electron chi connectivity index (χ4n) is 3.32. The van der Waals surface area contributed by atoms with Crippen molar-refractivity contribution in [3.05, 3.63) is 28.7 Å². The van der Waals surface area contributed by atoms with Crippen molar-refractivity contribution in [2.45, 2.75) is 44.4 Å². The summed E-state index contributed by atoms with van der Waals surface area (Å²) in [6, 6.07) is 3.11. The van der Waals surface area contributed by atoms with E-state index in [0.29, 0.717) is 18.8 Å². The summed E-state index contributed by atoms with van der Waals surface area (Å²) < 4.78 is 7.15. The number of rotatable bonds is 2. The Kier molecular flexibility index (Phi) is 3.96. The number of pyridine rings is 1. The van der Waals surface area contributed by atoms with Crippen LogP contribution in [0.4, 0.5) is 5.69 Å². The second-order valence-corrected chi connectivity index (χ2v) is 5.78. The molecular weight excluding hydrogens is 270 g/mol. The highest BCUT2D eigenvalue weighted by atomic mass is 16.5. The van der Waals surface area contributed by atoms with Crippen LogP contribution < -0.4 is 11.3 Å². The maximum Gasteiger partial charge on any atom is 0.251 e. The number of morpholine rings is 1. The van der Waals surface area contributed by atoms with E-state index in [4.69, 9.17) is 10.5 Å². The number of ether oxygens (including phenoxy) is 1. The SMILES string of the molecule is Nc1ccc(=O)n(CC(=O)N2CCOC3CCCCC32)c1. The molecule has 0 aromatic carbocycles. The minimum atomic E-state index is -0.203. The van der Waals surface area contributed by atoms with Crippen molar-refractivity contribution in [3.8, 4) is 0 Å². The molecule has 6 heteroatoms. The monoisotopic (exact) mass is 291 g/mol. The van der Waals surface area contributed by atoms with Crippen LogP contribution in [0.3, 0.4) is 0 Å². The second kappa shape index (κ2) is 5.89. The van der Waals surface area contributed by atoms with Crippen molar-refractivity contribution in [2.24, 2.45) is 0 Å². The van der Waals surface area contributed by atoms with E-state index in [1.54, 1.807) is 6.07 Å². The number of amides is 1. The smallest absolute Gasteiger partial charge is 0.251 e. The molecule has 1 aromatic heterocycles. The molecule has 3 rings (SSSR count). The number of nitrogens with zero attached hydrogens (tertiary/aromatic N) is 2. The maximum atomic E-state index is 12.6. The quantitative estimate of drug-likeness (QED) is 0.865. The first-order chi connectivity index (χ1) is 10.1. The number of carbonyl (C=O) groups excluding carboxylic acids is 1. The molecule has 1 aliphatic carbocycles. The van der Waals surface area contributed by atoms with E-state index >= 15 is 0 Å². The van der Waals surface area contributed by atoms with Crippen LogP contribution >= 0.6 is 0 Å². The lowest BCUT2D eigenvalue weighted by atomic mass is 9.90. The Morgan fingerprint density at radius 1 is 1.33 bits per heavy atom. The molecule has 1 saturated carbocycles. The Labute approximate surface area is 123 Å². The summed E-state index contributed by atoms with van der Waals surface area (Å²) in [5, 5.41) is 0. The minimum Gasteiger partial charge on any atom is -0.398 e. The zero-order chi connectivity index (χ0) is 14.8. The van der Waals surface area contributed by atoms with Gasteiger partial charge in [-0.2, -0.15) is 0 Å². The predicted octanol–water partition coefficient (Wildman–Crippen LogP) is 0.601. The molecule has 0 spiro atoms. The second-order valence-electron chi connectivity index (χ2n) is 5.78. The van der Waals surface area contributed by atoms with E-state index in [9.17, 15) is 9.59 Å². The van der Waals surface area contributed by atoms with E-state index in [0.717, 1.165) is 25.7 Å². The molecule has 1 aliphatic heterocycles. The van der Waals surface area contributed by atoms with Gasteiger partial charge >= 0.3 is 0 Å². The van der Waals surface area contributed by atoms with Crippen LogP contribution in [-0.2, 0) is 16.1 Å². The van der Waals surface area contributed by atoms with Crippen molar-refractivity contribution >= 4 is 11.6 Å². The molecular formula is C15H21N3O3. The van der Waals surface area contributed by atoms with Crippen LogP contribution in [0.25, 0.3) is 0 Å². The lowest BCUT2D eigenvalue weighted by Gasteiger charge is -2.43. The lowest BCUT2D eigenvalue weighted by Crippen LogP contribution is -2.55. The van der Waals surface area contributed by atoms with E-state index in [2.05, 4.69) is 0 Å². The number of fused-ring (bicyclic) bond motifs is 1. The number of hydrogen-bond acceptors (Lipinski definition) is 4. The molecule has 2 aliphatic rings. The summed E-state index contributed by atoms with van der Waals surface area (Å²) in [6.45, 7) is 1.24. The van der Waals surface area contributed by atoms with Crippen LogP contribution in [-0.4, -0.2) is 40.7 Å². The highest BCUT2D eigenvalue weighted by molar-refractivity contribution is 5.76. The molecule has 2 fully saturated rings. The van der Waals surface area contributed by atoms with Gasteiger partial charge in [0.1, 0.15) is 6.54 Å². The zero-order valence-electron chi connectivity index (χ0n) is 12.0. The first kappa shape index (κ1) is 14.1. The molecule has 2 N–H and O–H groups in total. The standard InChI is InChI=1S/C15H21N3O3/c16-11-5-6-14(19)17(9-11)10-15(20)18-7-8-21-13-4-2-1-3-12(13)18/h5-6,9,12-13H,1-4,7-8,10,16H2. The summed E-state index contributed by atoms with van der Waals surface area (Å²) in [5.41, 5.74) is 5.97. The fraction of sp³-hybridized carbons (Fsp3) is 0.600. The van der Waals surface area contributed by atoms with Crippen molar-refractivity contribution in [2.75, 3.05) is 18.9 Å². The highest BCUT2D eigenvalue weighted by Crippen LogP contribution is 2.28. The van der Waals surface area contributed by atoms with E-state index in [1.807, 2.05) is 4.90 Å². The number of carbonyl (C=O) groups is 1. The summed E-state index contributed by atoms with van der Waals surface area (Å²) in [7, 11) is 0. The van der Waals surface area contributed by atoms with Gasteiger partial charge in [-0.3, -0.25) is 9.59 Å². The summed E-state index contributed by atoms with van der Waals surface area (Å²) in [4.78, 5) is 26.2. The number of anilines is 1. The van der Waals surface area contributed by atoms with Gasteiger partial charge in [-0.15, -0.1) is 0 Å². The van der Waals surface area contributed by atoms with E-state index < -0.39 is 0 Å². The normalized spacial score (nSPS) is 25.4. The number of hydrogen-bond donors (Lipinski definition) is 1. The molecule has 2 atom stereocenters. The molecule has 0 bridgehead atoms. The molecule has 2 heterocycles. The molecule has 0 radical (unpaired) electrons. The highest BCUT2D eigenvalue weighted by Gasteiger charge is 2.36. The average molecular weight is 291 g/mol. The molecule has 21 heavy (non-hydrogen) atoms. The summed E-state index contributed by atoms with van der Waals surface area (Å²) in [5.74, 6) is -0.0251. The van der Waals surface area contributed by atoms with E-state index in [1.165, 1.54) is 16.8 Å². The number of aromatic nitrogens is 1. The molecule has 114 valence electrons. The van der Waals surface area contributed by atoms with Crippen LogP contribution in [0.2, 0.25) is 0 Å². The predicted molar refractivity (Wildman–Crippen MR) is 78.8 cm³/mol. The summed E-state index contributed by atoms with van der Waals surface area (Å²) in [6.07, 6.45) is 5.99. The molecule has 1 amide bonds. The lowest BCUT2D eigenvalue weighted by molar-refractivity contribution is -0.150. The Morgan fingerprint density at radius 3 is 3.00 bits per heavy atom. The van der Waals surface area contributed by atoms with E-state index in [-0.39, 0.29) is 30.2 Å². The van der Waals surface area contributed by atoms with Gasteiger partial charge in [0.05, 0.1) is 18.8 Å². The third kappa shape index (κ3) is 2.95.